The second-order valence-electron chi connectivity index (χ2n) is 8.00. The molecule has 1 amide bonds. The first kappa shape index (κ1) is 19.2. The second kappa shape index (κ2) is 7.01. The lowest BCUT2D eigenvalue weighted by atomic mass is 9.88. The fourth-order valence-electron chi connectivity index (χ4n) is 4.47. The fourth-order valence-corrected chi connectivity index (χ4v) is 6.26. The van der Waals surface area contributed by atoms with E-state index in [4.69, 9.17) is 0 Å². The topological polar surface area (TPSA) is 57.7 Å². The summed E-state index contributed by atoms with van der Waals surface area (Å²) in [6, 6.07) is 13.1. The molecule has 2 aromatic rings. The van der Waals surface area contributed by atoms with Crippen LogP contribution in [0, 0.1) is 5.92 Å². The Bertz CT molecular complexity index is 1030. The number of nitrogens with zero attached hydrogens (tertiary/aromatic N) is 2. The lowest BCUT2D eigenvalue weighted by Gasteiger charge is -2.39. The van der Waals surface area contributed by atoms with E-state index in [-0.39, 0.29) is 17.9 Å². The SMILES string of the molecule is CC(C)C1c2ccccc2CCN1S(=O)(=O)c1ccc2c(c1)CCC(=O)N2C. The molecule has 148 valence electrons. The minimum Gasteiger partial charge on any atom is -0.315 e. The summed E-state index contributed by atoms with van der Waals surface area (Å²) in [4.78, 5) is 13.9. The third-order valence-electron chi connectivity index (χ3n) is 5.92. The van der Waals surface area contributed by atoms with Crippen LogP contribution in [0.1, 0.15) is 43.0 Å². The van der Waals surface area contributed by atoms with E-state index in [0.717, 1.165) is 23.2 Å². The number of anilines is 1. The highest BCUT2D eigenvalue weighted by Gasteiger charge is 2.38. The minimum atomic E-state index is -3.63. The molecule has 0 bridgehead atoms. The molecule has 1 unspecified atom stereocenters. The molecule has 6 heteroatoms. The molecule has 0 saturated carbocycles. The summed E-state index contributed by atoms with van der Waals surface area (Å²) in [6.07, 6.45) is 1.72. The van der Waals surface area contributed by atoms with Crippen LogP contribution < -0.4 is 4.90 Å². The number of fused-ring (bicyclic) bond motifs is 2. The van der Waals surface area contributed by atoms with Gasteiger partial charge in [0.1, 0.15) is 0 Å². The van der Waals surface area contributed by atoms with E-state index in [0.29, 0.717) is 24.3 Å². The van der Waals surface area contributed by atoms with Gasteiger partial charge in [-0.25, -0.2) is 8.42 Å². The maximum Gasteiger partial charge on any atom is 0.243 e. The molecule has 2 heterocycles. The van der Waals surface area contributed by atoms with E-state index in [9.17, 15) is 13.2 Å². The molecule has 0 aromatic heterocycles. The van der Waals surface area contributed by atoms with Crippen molar-refractivity contribution in [3.63, 3.8) is 0 Å². The second-order valence-corrected chi connectivity index (χ2v) is 9.89. The number of rotatable bonds is 3. The smallest absolute Gasteiger partial charge is 0.243 e. The van der Waals surface area contributed by atoms with Crippen molar-refractivity contribution < 1.29 is 13.2 Å². The normalized spacial score (nSPS) is 20.2. The Hall–Kier alpha value is -2.18. The Morgan fingerprint density at radius 3 is 2.50 bits per heavy atom. The molecule has 28 heavy (non-hydrogen) atoms. The zero-order chi connectivity index (χ0) is 20.1. The van der Waals surface area contributed by atoms with Gasteiger partial charge in [0.2, 0.25) is 15.9 Å². The molecule has 4 rings (SSSR count). The standard InChI is InChI=1S/C22H26N2O3S/c1-15(2)22-19-7-5-4-6-16(19)12-13-24(22)28(26,27)18-9-10-20-17(14-18)8-11-21(25)23(20)3/h4-7,9-10,14-15,22H,8,11-13H2,1-3H3. The van der Waals surface area contributed by atoms with Gasteiger partial charge in [-0.3, -0.25) is 4.79 Å². The number of carbonyl (C=O) groups is 1. The quantitative estimate of drug-likeness (QED) is 0.795. The summed E-state index contributed by atoms with van der Waals surface area (Å²) in [5.41, 5.74) is 4.06. The van der Waals surface area contributed by atoms with Crippen LogP contribution >= 0.6 is 0 Å². The first-order valence-corrected chi connectivity index (χ1v) is 11.2. The number of hydrogen-bond acceptors (Lipinski definition) is 3. The van der Waals surface area contributed by atoms with Crippen molar-refractivity contribution in [1.29, 1.82) is 0 Å². The number of hydrogen-bond donors (Lipinski definition) is 0. The summed E-state index contributed by atoms with van der Waals surface area (Å²) in [5.74, 6) is 0.230. The van der Waals surface area contributed by atoms with Gasteiger partial charge in [0.25, 0.3) is 0 Å². The summed E-state index contributed by atoms with van der Waals surface area (Å²) in [6.45, 7) is 4.63. The third kappa shape index (κ3) is 3.05. The molecule has 5 nitrogen and oxygen atoms in total. The highest BCUT2D eigenvalue weighted by molar-refractivity contribution is 7.89. The highest BCUT2D eigenvalue weighted by Crippen LogP contribution is 2.39. The van der Waals surface area contributed by atoms with Crippen molar-refractivity contribution in [3.05, 3.63) is 59.2 Å². The van der Waals surface area contributed by atoms with E-state index in [1.165, 1.54) is 5.56 Å². The molecule has 0 spiro atoms. The van der Waals surface area contributed by atoms with E-state index in [1.807, 2.05) is 12.1 Å². The number of carbonyl (C=O) groups excluding carboxylic acids is 1. The van der Waals surface area contributed by atoms with Crippen LogP contribution in [0.5, 0.6) is 0 Å². The molecule has 0 aliphatic carbocycles. The van der Waals surface area contributed by atoms with Gasteiger partial charge in [0, 0.05) is 25.7 Å². The van der Waals surface area contributed by atoms with E-state index < -0.39 is 10.0 Å². The molecule has 2 aliphatic heterocycles. The van der Waals surface area contributed by atoms with Gasteiger partial charge in [-0.2, -0.15) is 4.31 Å². The summed E-state index contributed by atoms with van der Waals surface area (Å²) >= 11 is 0. The number of benzene rings is 2. The molecule has 1 atom stereocenters. The van der Waals surface area contributed by atoms with Crippen LogP contribution in [0.4, 0.5) is 5.69 Å². The monoisotopic (exact) mass is 398 g/mol. The van der Waals surface area contributed by atoms with E-state index in [1.54, 1.807) is 34.5 Å². The van der Waals surface area contributed by atoms with Gasteiger partial charge >= 0.3 is 0 Å². The third-order valence-corrected chi connectivity index (χ3v) is 7.80. The molecule has 0 N–H and O–H groups in total. The van der Waals surface area contributed by atoms with Crippen molar-refractivity contribution in [2.24, 2.45) is 5.92 Å². The van der Waals surface area contributed by atoms with Crippen LogP contribution in [0.15, 0.2) is 47.4 Å². The van der Waals surface area contributed by atoms with Crippen LogP contribution in [0.25, 0.3) is 0 Å². The van der Waals surface area contributed by atoms with Crippen LogP contribution in [0.2, 0.25) is 0 Å². The molecule has 2 aromatic carbocycles. The minimum absolute atomic E-state index is 0.0654. The van der Waals surface area contributed by atoms with Gasteiger partial charge in [-0.15, -0.1) is 0 Å². The molecule has 0 radical (unpaired) electrons. The van der Waals surface area contributed by atoms with Gasteiger partial charge in [-0.05, 0) is 53.6 Å². The molecule has 0 saturated heterocycles. The van der Waals surface area contributed by atoms with Crippen molar-refractivity contribution in [2.45, 2.75) is 44.0 Å². The first-order chi connectivity index (χ1) is 13.3. The Kier molecular flexibility index (Phi) is 4.79. The number of aryl methyl sites for hydroxylation is 1. The Balaban J connectivity index is 1.75. The summed E-state index contributed by atoms with van der Waals surface area (Å²) in [5, 5.41) is 0. The van der Waals surface area contributed by atoms with E-state index >= 15 is 0 Å². The van der Waals surface area contributed by atoms with Gasteiger partial charge in [0.15, 0.2) is 0 Å². The van der Waals surface area contributed by atoms with Crippen LogP contribution in [0.3, 0.4) is 0 Å². The Morgan fingerprint density at radius 2 is 1.75 bits per heavy atom. The predicted octanol–water partition coefficient (Wildman–Crippen LogP) is 3.54. The largest absolute Gasteiger partial charge is 0.315 e. The zero-order valence-electron chi connectivity index (χ0n) is 16.6. The van der Waals surface area contributed by atoms with Crippen molar-refractivity contribution in [3.8, 4) is 0 Å². The summed E-state index contributed by atoms with van der Waals surface area (Å²) in [7, 11) is -1.89. The Morgan fingerprint density at radius 1 is 1.00 bits per heavy atom. The number of amides is 1. The average molecular weight is 399 g/mol. The fraction of sp³-hybridized carbons (Fsp3) is 0.409. The van der Waals surface area contributed by atoms with Gasteiger partial charge in [0.05, 0.1) is 10.9 Å². The molecule has 2 aliphatic rings. The molecular formula is C22H26N2O3S. The van der Waals surface area contributed by atoms with Crippen LogP contribution in [-0.2, 0) is 27.7 Å². The van der Waals surface area contributed by atoms with Crippen molar-refractivity contribution >= 4 is 21.6 Å². The number of sulfonamides is 1. The highest BCUT2D eigenvalue weighted by atomic mass is 32.2. The summed E-state index contributed by atoms with van der Waals surface area (Å²) < 4.78 is 28.8. The van der Waals surface area contributed by atoms with E-state index in [2.05, 4.69) is 26.0 Å². The molecular weight excluding hydrogens is 372 g/mol. The van der Waals surface area contributed by atoms with Gasteiger partial charge in [-0.1, -0.05) is 38.1 Å². The van der Waals surface area contributed by atoms with Crippen LogP contribution in [-0.4, -0.2) is 32.2 Å². The predicted molar refractivity (Wildman–Crippen MR) is 110 cm³/mol. The van der Waals surface area contributed by atoms with Crippen molar-refractivity contribution in [1.82, 2.24) is 4.31 Å². The van der Waals surface area contributed by atoms with Gasteiger partial charge < -0.3 is 4.90 Å². The van der Waals surface area contributed by atoms with Crippen molar-refractivity contribution in [2.75, 3.05) is 18.5 Å². The lowest BCUT2D eigenvalue weighted by molar-refractivity contribution is -0.118. The maximum atomic E-state index is 13.6. The zero-order valence-corrected chi connectivity index (χ0v) is 17.4. The average Bonchev–Trinajstić information content (AvgIpc) is 2.69. The maximum absolute atomic E-state index is 13.6. The first-order valence-electron chi connectivity index (χ1n) is 9.80. The lowest BCUT2D eigenvalue weighted by Crippen LogP contribution is -2.42. The Labute approximate surface area is 167 Å². The molecule has 0 fully saturated rings.